The van der Waals surface area contributed by atoms with Crippen molar-refractivity contribution in [3.8, 4) is 11.4 Å². The lowest BCUT2D eigenvalue weighted by molar-refractivity contribution is -0.194. The second-order valence-corrected chi connectivity index (χ2v) is 11.2. The fourth-order valence-corrected chi connectivity index (χ4v) is 5.19. The quantitative estimate of drug-likeness (QED) is 0.501. The molecule has 0 N–H and O–H groups in total. The highest BCUT2D eigenvalue weighted by atomic mass is 35.5. The van der Waals surface area contributed by atoms with Crippen molar-refractivity contribution in [1.29, 1.82) is 0 Å². The molecule has 0 bridgehead atoms. The van der Waals surface area contributed by atoms with Crippen molar-refractivity contribution in [3.63, 3.8) is 0 Å². The van der Waals surface area contributed by atoms with Gasteiger partial charge in [-0.3, -0.25) is 4.79 Å². The molecule has 2 aliphatic rings. The Balaban J connectivity index is 1.67. The van der Waals surface area contributed by atoms with Gasteiger partial charge in [-0.2, -0.15) is 27.3 Å². The molecule has 1 aliphatic heterocycles. The van der Waals surface area contributed by atoms with Crippen LogP contribution in [0.4, 0.5) is 18.9 Å². The van der Waals surface area contributed by atoms with Crippen LogP contribution in [0.2, 0.25) is 5.02 Å². The summed E-state index contributed by atoms with van der Waals surface area (Å²) >= 11 is 11.5. The summed E-state index contributed by atoms with van der Waals surface area (Å²) in [6.07, 6.45) is -3.27. The Morgan fingerprint density at radius 1 is 1.15 bits per heavy atom. The van der Waals surface area contributed by atoms with Crippen molar-refractivity contribution >= 4 is 38.9 Å². The van der Waals surface area contributed by atoms with E-state index < -0.39 is 39.0 Å². The van der Waals surface area contributed by atoms with Crippen molar-refractivity contribution < 1.29 is 26.3 Å². The molecular formula is C20H21Cl2F3N4O4S. The number of benzene rings is 1. The molecule has 0 spiro atoms. The number of halogens is 5. The first kappa shape index (κ1) is 25.1. The zero-order chi connectivity index (χ0) is 24.7. The van der Waals surface area contributed by atoms with Gasteiger partial charge >= 0.3 is 11.7 Å². The number of nitrogens with zero attached hydrogens (tertiary/aromatic N) is 4. The van der Waals surface area contributed by atoms with Crippen molar-refractivity contribution in [2.75, 3.05) is 42.9 Å². The molecule has 1 aromatic heterocycles. The van der Waals surface area contributed by atoms with Gasteiger partial charge in [-0.1, -0.05) is 17.7 Å². The molecule has 2 aromatic rings. The van der Waals surface area contributed by atoms with E-state index in [-0.39, 0.29) is 50.5 Å². The first-order chi connectivity index (χ1) is 16.0. The average molecular weight is 541 g/mol. The number of aromatic nitrogens is 2. The van der Waals surface area contributed by atoms with Gasteiger partial charge in [0.15, 0.2) is 0 Å². The van der Waals surface area contributed by atoms with Crippen molar-refractivity contribution in [2.45, 2.75) is 19.0 Å². The molecule has 14 heteroatoms. The maximum Gasteiger partial charge on any atom is 0.397 e. The van der Waals surface area contributed by atoms with Crippen molar-refractivity contribution in [1.82, 2.24) is 14.1 Å². The molecule has 2 fully saturated rings. The maximum absolute atomic E-state index is 13.5. The number of sulfonamides is 1. The van der Waals surface area contributed by atoms with Crippen LogP contribution in [-0.2, 0) is 10.0 Å². The Bertz CT molecular complexity index is 1230. The Kier molecular flexibility index (Phi) is 6.80. The van der Waals surface area contributed by atoms with E-state index in [1.807, 2.05) is 0 Å². The van der Waals surface area contributed by atoms with E-state index in [2.05, 4.69) is 5.10 Å². The number of hydrogen-bond acceptors (Lipinski definition) is 6. The Morgan fingerprint density at radius 3 is 2.38 bits per heavy atom. The van der Waals surface area contributed by atoms with Crippen LogP contribution in [0, 0.1) is 5.41 Å². The van der Waals surface area contributed by atoms with E-state index in [1.165, 1.54) is 16.6 Å². The van der Waals surface area contributed by atoms with E-state index in [0.717, 1.165) is 4.68 Å². The zero-order valence-electron chi connectivity index (χ0n) is 17.8. The van der Waals surface area contributed by atoms with Gasteiger partial charge in [0.2, 0.25) is 15.8 Å². The molecule has 0 radical (unpaired) electrons. The molecular weight excluding hydrogens is 520 g/mol. The third-order valence-corrected chi connectivity index (χ3v) is 8.52. The summed E-state index contributed by atoms with van der Waals surface area (Å²) in [7, 11) is -3.61. The van der Waals surface area contributed by atoms with Crippen LogP contribution in [0.25, 0.3) is 5.69 Å². The summed E-state index contributed by atoms with van der Waals surface area (Å²) in [5.41, 5.74) is -2.20. The minimum atomic E-state index is -4.45. The van der Waals surface area contributed by atoms with Crippen LogP contribution in [0.5, 0.6) is 5.75 Å². The van der Waals surface area contributed by atoms with Gasteiger partial charge in [0.1, 0.15) is 22.9 Å². The fraction of sp³-hybridized carbons (Fsp3) is 0.500. The lowest BCUT2D eigenvalue weighted by Gasteiger charge is -2.35. The normalized spacial score (nSPS) is 18.7. The van der Waals surface area contributed by atoms with Gasteiger partial charge in [-0.25, -0.2) is 8.42 Å². The summed E-state index contributed by atoms with van der Waals surface area (Å²) in [6, 6.07) is 6.29. The van der Waals surface area contributed by atoms with Gasteiger partial charge < -0.3 is 9.64 Å². The molecule has 0 atom stereocenters. The average Bonchev–Trinajstić information content (AvgIpc) is 3.59. The largest absolute Gasteiger partial charge is 0.485 e. The van der Waals surface area contributed by atoms with Crippen molar-refractivity contribution in [3.05, 3.63) is 45.8 Å². The molecule has 1 aromatic carbocycles. The highest BCUT2D eigenvalue weighted by molar-refractivity contribution is 7.90. The minimum Gasteiger partial charge on any atom is -0.485 e. The summed E-state index contributed by atoms with van der Waals surface area (Å²) in [5.74, 6) is -0.279. The number of ether oxygens (including phenoxy) is 1. The Labute approximate surface area is 203 Å². The minimum absolute atomic E-state index is 0.0750. The van der Waals surface area contributed by atoms with Crippen LogP contribution in [0.1, 0.15) is 12.8 Å². The lowest BCUT2D eigenvalue weighted by Crippen LogP contribution is -2.49. The second-order valence-electron chi connectivity index (χ2n) is 8.23. The molecule has 1 aliphatic carbocycles. The van der Waals surface area contributed by atoms with E-state index in [1.54, 1.807) is 23.1 Å². The topological polar surface area (TPSA) is 84.7 Å². The number of rotatable bonds is 7. The standard InChI is InChI=1S/C20H21Cl2F3N4O4S/c21-13-34(31,32)28-8-6-27(7-9-28)16-11-26-29(15-3-1-2-14(22)10-15)18(30)17(16)33-12-19(4-5-19)20(23,24)25/h1-3,10-11H,4-9,12-13H2. The number of hydrogen-bond donors (Lipinski definition) is 0. The van der Waals surface area contributed by atoms with Crippen LogP contribution >= 0.6 is 23.2 Å². The molecule has 0 amide bonds. The van der Waals surface area contributed by atoms with E-state index in [0.29, 0.717) is 10.7 Å². The molecule has 1 saturated carbocycles. The summed E-state index contributed by atoms with van der Waals surface area (Å²) in [4.78, 5) is 15.0. The van der Waals surface area contributed by atoms with Gasteiger partial charge in [-0.15, -0.1) is 11.6 Å². The fourth-order valence-electron chi connectivity index (χ4n) is 3.73. The van der Waals surface area contributed by atoms with Crippen LogP contribution in [0.15, 0.2) is 35.3 Å². The SMILES string of the molecule is O=c1c(OCC2(C(F)(F)F)CC2)c(N2CCN(S(=O)(=O)CCl)CC2)cnn1-c1cccc(Cl)c1. The predicted molar refractivity (Wildman–Crippen MR) is 121 cm³/mol. The highest BCUT2D eigenvalue weighted by Crippen LogP contribution is 2.57. The van der Waals surface area contributed by atoms with Crippen LogP contribution in [-0.4, -0.2) is 66.7 Å². The summed E-state index contributed by atoms with van der Waals surface area (Å²) in [6.45, 7) is -0.145. The molecule has 8 nitrogen and oxygen atoms in total. The zero-order valence-corrected chi connectivity index (χ0v) is 20.1. The third kappa shape index (κ3) is 4.86. The molecule has 34 heavy (non-hydrogen) atoms. The maximum atomic E-state index is 13.5. The first-order valence-electron chi connectivity index (χ1n) is 10.3. The molecule has 186 valence electrons. The Morgan fingerprint density at radius 2 is 1.82 bits per heavy atom. The van der Waals surface area contributed by atoms with E-state index in [4.69, 9.17) is 27.9 Å². The van der Waals surface area contributed by atoms with Crippen molar-refractivity contribution in [2.24, 2.45) is 5.41 Å². The van der Waals surface area contributed by atoms with Gasteiger partial charge in [0.05, 0.1) is 11.9 Å². The summed E-state index contributed by atoms with van der Waals surface area (Å²) in [5, 5.41) is 3.96. The van der Waals surface area contributed by atoms with Crippen LogP contribution < -0.4 is 15.2 Å². The number of piperazine rings is 1. The van der Waals surface area contributed by atoms with Gasteiger partial charge in [0.25, 0.3) is 0 Å². The molecule has 0 unspecified atom stereocenters. The van der Waals surface area contributed by atoms with Gasteiger partial charge in [-0.05, 0) is 31.0 Å². The smallest absolute Gasteiger partial charge is 0.397 e. The Hall–Kier alpha value is -2.02. The summed E-state index contributed by atoms with van der Waals surface area (Å²) < 4.78 is 72.2. The van der Waals surface area contributed by atoms with Gasteiger partial charge in [0, 0.05) is 31.2 Å². The highest BCUT2D eigenvalue weighted by Gasteiger charge is 2.64. The lowest BCUT2D eigenvalue weighted by atomic mass is 10.1. The number of anilines is 1. The first-order valence-corrected chi connectivity index (χ1v) is 12.9. The molecule has 2 heterocycles. The van der Waals surface area contributed by atoms with E-state index in [9.17, 15) is 26.4 Å². The van der Waals surface area contributed by atoms with E-state index >= 15 is 0 Å². The van der Waals surface area contributed by atoms with Crippen LogP contribution in [0.3, 0.4) is 0 Å². The number of alkyl halides is 4. The predicted octanol–water partition coefficient (Wildman–Crippen LogP) is 3.26. The molecule has 4 rings (SSSR count). The second kappa shape index (κ2) is 9.21. The third-order valence-electron chi connectivity index (χ3n) is 6.03. The monoisotopic (exact) mass is 540 g/mol. The molecule has 1 saturated heterocycles.